The molecule has 0 bridgehead atoms. The summed E-state index contributed by atoms with van der Waals surface area (Å²) in [5.41, 5.74) is 7.97. The van der Waals surface area contributed by atoms with Gasteiger partial charge < -0.3 is 0 Å². The molecule has 0 aliphatic heterocycles. The predicted octanol–water partition coefficient (Wildman–Crippen LogP) is 7.74. The van der Waals surface area contributed by atoms with Crippen molar-refractivity contribution in [3.63, 3.8) is 0 Å². The fourth-order valence-electron chi connectivity index (χ4n) is 3.55. The predicted molar refractivity (Wildman–Crippen MR) is 111 cm³/mol. The maximum Gasteiger partial charge on any atom is 0.0181 e. The van der Waals surface area contributed by atoms with Gasteiger partial charge in [-0.3, -0.25) is 0 Å². The molecular formula is C24H21Br. The van der Waals surface area contributed by atoms with Crippen molar-refractivity contribution in [1.29, 1.82) is 0 Å². The van der Waals surface area contributed by atoms with Crippen molar-refractivity contribution in [2.24, 2.45) is 0 Å². The summed E-state index contributed by atoms with van der Waals surface area (Å²) in [7, 11) is 0. The molecular weight excluding hydrogens is 368 g/mol. The van der Waals surface area contributed by atoms with Crippen molar-refractivity contribution < 1.29 is 0 Å². The molecule has 3 aromatic carbocycles. The lowest BCUT2D eigenvalue weighted by Crippen LogP contribution is -1.94. The minimum Gasteiger partial charge on any atom is -0.0807 e. The lowest BCUT2D eigenvalue weighted by Gasteiger charge is -2.16. The summed E-state index contributed by atoms with van der Waals surface area (Å²) in [6, 6.07) is 26.3. The highest BCUT2D eigenvalue weighted by Gasteiger charge is 2.11. The van der Waals surface area contributed by atoms with Crippen LogP contribution < -0.4 is 0 Å². The van der Waals surface area contributed by atoms with Crippen LogP contribution in [0.1, 0.15) is 31.2 Å². The first-order valence-electron chi connectivity index (χ1n) is 8.95. The number of rotatable bonds is 3. The molecule has 0 spiro atoms. The summed E-state index contributed by atoms with van der Waals surface area (Å²) < 4.78 is 1.12. The zero-order valence-corrected chi connectivity index (χ0v) is 15.8. The highest BCUT2D eigenvalue weighted by Crippen LogP contribution is 2.34. The van der Waals surface area contributed by atoms with Gasteiger partial charge in [-0.05, 0) is 89.4 Å². The van der Waals surface area contributed by atoms with E-state index in [2.05, 4.69) is 94.8 Å². The molecule has 1 aliphatic carbocycles. The van der Waals surface area contributed by atoms with E-state index in [1.54, 1.807) is 0 Å². The Bertz CT molecular complexity index is 906. The van der Waals surface area contributed by atoms with Gasteiger partial charge in [-0.25, -0.2) is 0 Å². The number of benzene rings is 3. The first-order valence-corrected chi connectivity index (χ1v) is 9.75. The summed E-state index contributed by atoms with van der Waals surface area (Å²) >= 11 is 3.61. The summed E-state index contributed by atoms with van der Waals surface area (Å²) in [6.45, 7) is 0. The Labute approximate surface area is 158 Å². The average molecular weight is 389 g/mol. The van der Waals surface area contributed by atoms with Crippen LogP contribution in [0.3, 0.4) is 0 Å². The minimum absolute atomic E-state index is 1.12. The Balaban J connectivity index is 1.87. The van der Waals surface area contributed by atoms with Crippen molar-refractivity contribution >= 4 is 21.5 Å². The molecule has 0 saturated heterocycles. The fourth-order valence-corrected chi connectivity index (χ4v) is 3.94. The molecule has 0 amide bonds. The Kier molecular flexibility index (Phi) is 4.85. The van der Waals surface area contributed by atoms with Crippen LogP contribution in [0.15, 0.2) is 83.3 Å². The summed E-state index contributed by atoms with van der Waals surface area (Å²) in [5.74, 6) is 0. The Hall–Kier alpha value is -2.12. The summed E-state index contributed by atoms with van der Waals surface area (Å²) in [4.78, 5) is 0. The topological polar surface area (TPSA) is 0 Å². The third-order valence-electron chi connectivity index (χ3n) is 4.86. The maximum absolute atomic E-state index is 3.61. The summed E-state index contributed by atoms with van der Waals surface area (Å²) in [5, 5.41) is 0. The van der Waals surface area contributed by atoms with Crippen LogP contribution in [0.5, 0.6) is 0 Å². The van der Waals surface area contributed by atoms with Gasteiger partial charge in [0.25, 0.3) is 0 Å². The van der Waals surface area contributed by atoms with E-state index in [4.69, 9.17) is 0 Å². The van der Waals surface area contributed by atoms with Crippen molar-refractivity contribution in [1.82, 2.24) is 0 Å². The highest BCUT2D eigenvalue weighted by atomic mass is 79.9. The molecule has 0 nitrogen and oxygen atoms in total. The van der Waals surface area contributed by atoms with E-state index in [1.807, 2.05) is 0 Å². The molecule has 0 saturated carbocycles. The first kappa shape index (κ1) is 16.4. The van der Waals surface area contributed by atoms with Gasteiger partial charge in [0.1, 0.15) is 0 Å². The SMILES string of the molecule is Brc1cccc(-c2cc(C3=CCCCC3)cc(-c3ccccc3)c2)c1. The molecule has 0 unspecified atom stereocenters. The van der Waals surface area contributed by atoms with E-state index in [0.29, 0.717) is 0 Å². The third kappa shape index (κ3) is 3.77. The van der Waals surface area contributed by atoms with Gasteiger partial charge in [0.15, 0.2) is 0 Å². The maximum atomic E-state index is 3.61. The van der Waals surface area contributed by atoms with Crippen molar-refractivity contribution in [3.8, 4) is 22.3 Å². The van der Waals surface area contributed by atoms with Gasteiger partial charge in [-0.1, -0.05) is 64.5 Å². The monoisotopic (exact) mass is 388 g/mol. The van der Waals surface area contributed by atoms with E-state index in [1.165, 1.54) is 59.1 Å². The van der Waals surface area contributed by atoms with Gasteiger partial charge in [-0.2, -0.15) is 0 Å². The molecule has 0 radical (unpaired) electrons. The fraction of sp³-hybridized carbons (Fsp3) is 0.167. The second-order valence-electron chi connectivity index (χ2n) is 6.65. The molecule has 25 heavy (non-hydrogen) atoms. The van der Waals surface area contributed by atoms with Crippen molar-refractivity contribution in [3.05, 3.63) is 88.9 Å². The van der Waals surface area contributed by atoms with E-state index in [-0.39, 0.29) is 0 Å². The average Bonchev–Trinajstić information content (AvgIpc) is 2.69. The van der Waals surface area contributed by atoms with Crippen LogP contribution >= 0.6 is 15.9 Å². The second kappa shape index (κ2) is 7.41. The Morgan fingerprint density at radius 1 is 0.600 bits per heavy atom. The molecule has 0 N–H and O–H groups in total. The van der Waals surface area contributed by atoms with Gasteiger partial charge in [0.2, 0.25) is 0 Å². The first-order chi connectivity index (χ1) is 12.3. The minimum atomic E-state index is 1.12. The second-order valence-corrected chi connectivity index (χ2v) is 7.57. The molecule has 1 heteroatoms. The van der Waals surface area contributed by atoms with Crippen LogP contribution in [0.25, 0.3) is 27.8 Å². The molecule has 1 aliphatic rings. The molecule has 4 rings (SSSR count). The molecule has 0 aromatic heterocycles. The van der Waals surface area contributed by atoms with Gasteiger partial charge in [0.05, 0.1) is 0 Å². The normalized spacial score (nSPS) is 14.2. The molecule has 0 heterocycles. The lowest BCUT2D eigenvalue weighted by molar-refractivity contribution is 0.742. The van der Waals surface area contributed by atoms with Crippen molar-refractivity contribution in [2.45, 2.75) is 25.7 Å². The zero-order chi connectivity index (χ0) is 17.1. The van der Waals surface area contributed by atoms with E-state index >= 15 is 0 Å². The van der Waals surface area contributed by atoms with Crippen LogP contribution in [0.4, 0.5) is 0 Å². The molecule has 3 aromatic rings. The quantitative estimate of drug-likeness (QED) is 0.430. The molecule has 0 fully saturated rings. The van der Waals surface area contributed by atoms with Crippen LogP contribution in [-0.2, 0) is 0 Å². The van der Waals surface area contributed by atoms with E-state index < -0.39 is 0 Å². The zero-order valence-electron chi connectivity index (χ0n) is 14.2. The third-order valence-corrected chi connectivity index (χ3v) is 5.35. The number of halogens is 1. The van der Waals surface area contributed by atoms with Crippen LogP contribution in [-0.4, -0.2) is 0 Å². The lowest BCUT2D eigenvalue weighted by atomic mass is 9.89. The largest absolute Gasteiger partial charge is 0.0807 e. The van der Waals surface area contributed by atoms with Gasteiger partial charge in [0, 0.05) is 4.47 Å². The smallest absolute Gasteiger partial charge is 0.0181 e. The molecule has 0 atom stereocenters. The van der Waals surface area contributed by atoms with Crippen LogP contribution in [0.2, 0.25) is 0 Å². The van der Waals surface area contributed by atoms with Gasteiger partial charge in [-0.15, -0.1) is 0 Å². The van der Waals surface area contributed by atoms with Crippen LogP contribution in [0, 0.1) is 0 Å². The summed E-state index contributed by atoms with van der Waals surface area (Å²) in [6.07, 6.45) is 7.44. The Morgan fingerprint density at radius 3 is 2.04 bits per heavy atom. The number of hydrogen-bond donors (Lipinski definition) is 0. The Morgan fingerprint density at radius 2 is 1.32 bits per heavy atom. The molecule has 124 valence electrons. The van der Waals surface area contributed by atoms with E-state index in [9.17, 15) is 0 Å². The standard InChI is InChI=1S/C24H21Br/c25-24-13-7-12-20(17-24)23-15-21(18-8-3-1-4-9-18)14-22(16-23)19-10-5-2-6-11-19/h1,3-4,7-10,12-17H,2,5-6,11H2. The van der Waals surface area contributed by atoms with E-state index in [0.717, 1.165) is 4.47 Å². The highest BCUT2D eigenvalue weighted by molar-refractivity contribution is 9.10. The number of allylic oxidation sites excluding steroid dienone is 2. The van der Waals surface area contributed by atoms with Crippen molar-refractivity contribution in [2.75, 3.05) is 0 Å². The van der Waals surface area contributed by atoms with Gasteiger partial charge >= 0.3 is 0 Å². The number of hydrogen-bond acceptors (Lipinski definition) is 0.